The Hall–Kier alpha value is -2.43. The first-order chi connectivity index (χ1) is 9.61. The van der Waals surface area contributed by atoms with Gasteiger partial charge in [-0.15, -0.1) is 0 Å². The van der Waals surface area contributed by atoms with Crippen LogP contribution in [0.1, 0.15) is 28.9 Å². The zero-order valence-electron chi connectivity index (χ0n) is 11.3. The molecule has 5 heteroatoms. The molecule has 0 bridgehead atoms. The van der Waals surface area contributed by atoms with E-state index >= 15 is 0 Å². The summed E-state index contributed by atoms with van der Waals surface area (Å²) >= 11 is 0. The quantitative estimate of drug-likeness (QED) is 0.932. The van der Waals surface area contributed by atoms with Gasteiger partial charge in [0.05, 0.1) is 13.2 Å². The molecule has 2 rings (SSSR count). The molecule has 0 radical (unpaired) electrons. The second-order valence-electron chi connectivity index (χ2n) is 4.32. The van der Waals surface area contributed by atoms with Crippen molar-refractivity contribution in [3.8, 4) is 5.75 Å². The summed E-state index contributed by atoms with van der Waals surface area (Å²) in [4.78, 5) is 15.9. The van der Waals surface area contributed by atoms with E-state index in [0.717, 1.165) is 0 Å². The van der Waals surface area contributed by atoms with Gasteiger partial charge in [0.25, 0.3) is 5.91 Å². The van der Waals surface area contributed by atoms with E-state index in [-0.39, 0.29) is 17.8 Å². The zero-order chi connectivity index (χ0) is 14.5. The number of nitrogens with one attached hydrogen (secondary N) is 1. The molecule has 4 nitrogen and oxygen atoms in total. The van der Waals surface area contributed by atoms with Crippen molar-refractivity contribution in [2.75, 3.05) is 7.11 Å². The minimum atomic E-state index is -0.374. The van der Waals surface area contributed by atoms with Crippen LogP contribution >= 0.6 is 0 Å². The smallest absolute Gasteiger partial charge is 0.251 e. The highest BCUT2D eigenvalue weighted by atomic mass is 19.1. The molecule has 1 aromatic carbocycles. The summed E-state index contributed by atoms with van der Waals surface area (Å²) < 4.78 is 18.5. The van der Waals surface area contributed by atoms with E-state index in [4.69, 9.17) is 4.74 Å². The zero-order valence-corrected chi connectivity index (χ0v) is 11.3. The third kappa shape index (κ3) is 3.12. The molecule has 0 aliphatic carbocycles. The SMILES string of the molecule is COc1ccc(F)cc1C(C)NC(=O)c1ccncc1. The number of hydrogen-bond acceptors (Lipinski definition) is 3. The molecule has 1 unspecified atom stereocenters. The molecular weight excluding hydrogens is 259 g/mol. The maximum atomic E-state index is 13.3. The lowest BCUT2D eigenvalue weighted by Crippen LogP contribution is -2.27. The predicted molar refractivity (Wildman–Crippen MR) is 73.1 cm³/mol. The summed E-state index contributed by atoms with van der Waals surface area (Å²) in [6.45, 7) is 1.77. The molecule has 1 N–H and O–H groups in total. The lowest BCUT2D eigenvalue weighted by molar-refractivity contribution is 0.0939. The van der Waals surface area contributed by atoms with Crippen molar-refractivity contribution < 1.29 is 13.9 Å². The van der Waals surface area contributed by atoms with E-state index in [9.17, 15) is 9.18 Å². The number of methoxy groups -OCH3 is 1. The standard InChI is InChI=1S/C15H15FN2O2/c1-10(13-9-12(16)3-4-14(13)20-2)18-15(19)11-5-7-17-8-6-11/h3-10H,1-2H3,(H,18,19). The first-order valence-electron chi connectivity index (χ1n) is 6.16. The van der Waals surface area contributed by atoms with Gasteiger partial charge in [-0.3, -0.25) is 9.78 Å². The highest BCUT2D eigenvalue weighted by Gasteiger charge is 2.15. The van der Waals surface area contributed by atoms with Crippen LogP contribution in [0.4, 0.5) is 4.39 Å². The van der Waals surface area contributed by atoms with Crippen LogP contribution in [-0.2, 0) is 0 Å². The van der Waals surface area contributed by atoms with Crippen molar-refractivity contribution in [3.05, 3.63) is 59.7 Å². The largest absolute Gasteiger partial charge is 0.496 e. The Morgan fingerprint density at radius 2 is 2.00 bits per heavy atom. The van der Waals surface area contributed by atoms with Crippen LogP contribution in [0.25, 0.3) is 0 Å². The highest BCUT2D eigenvalue weighted by Crippen LogP contribution is 2.25. The molecule has 0 aliphatic heterocycles. The Balaban J connectivity index is 2.18. The molecule has 0 aliphatic rings. The summed E-state index contributed by atoms with van der Waals surface area (Å²) in [6, 6.07) is 7.08. The maximum absolute atomic E-state index is 13.3. The Morgan fingerprint density at radius 3 is 2.65 bits per heavy atom. The fourth-order valence-electron chi connectivity index (χ4n) is 1.90. The van der Waals surface area contributed by atoms with Gasteiger partial charge in [-0.2, -0.15) is 0 Å². The minimum Gasteiger partial charge on any atom is -0.496 e. The number of carbonyl (C=O) groups excluding carboxylic acids is 1. The lowest BCUT2D eigenvalue weighted by Gasteiger charge is -2.17. The molecule has 0 spiro atoms. The first kappa shape index (κ1) is 14.0. The molecule has 1 amide bonds. The third-order valence-corrected chi connectivity index (χ3v) is 2.95. The molecule has 1 aromatic heterocycles. The third-order valence-electron chi connectivity index (χ3n) is 2.95. The number of hydrogen-bond donors (Lipinski definition) is 1. The van der Waals surface area contributed by atoms with Crippen LogP contribution in [0.15, 0.2) is 42.7 Å². The second kappa shape index (κ2) is 6.14. The van der Waals surface area contributed by atoms with E-state index in [1.54, 1.807) is 37.5 Å². The van der Waals surface area contributed by atoms with Gasteiger partial charge in [0, 0.05) is 23.5 Å². The van der Waals surface area contributed by atoms with Gasteiger partial charge in [0.2, 0.25) is 0 Å². The highest BCUT2D eigenvalue weighted by molar-refractivity contribution is 5.94. The lowest BCUT2D eigenvalue weighted by atomic mass is 10.1. The molecule has 2 aromatic rings. The minimum absolute atomic E-state index is 0.244. The van der Waals surface area contributed by atoms with Gasteiger partial charge < -0.3 is 10.1 Å². The molecule has 1 heterocycles. The van der Waals surface area contributed by atoms with Crippen molar-refractivity contribution in [1.29, 1.82) is 0 Å². The van der Waals surface area contributed by atoms with E-state index < -0.39 is 0 Å². The summed E-state index contributed by atoms with van der Waals surface area (Å²) in [5, 5.41) is 2.80. The molecule has 104 valence electrons. The normalized spacial score (nSPS) is 11.8. The van der Waals surface area contributed by atoms with Gasteiger partial charge in [-0.1, -0.05) is 0 Å². The molecule has 20 heavy (non-hydrogen) atoms. The van der Waals surface area contributed by atoms with E-state index in [2.05, 4.69) is 10.3 Å². The number of carbonyl (C=O) groups is 1. The number of aromatic nitrogens is 1. The molecule has 0 fully saturated rings. The van der Waals surface area contributed by atoms with Gasteiger partial charge in [0.15, 0.2) is 0 Å². The van der Waals surface area contributed by atoms with Gasteiger partial charge in [-0.05, 0) is 37.3 Å². The summed E-state index contributed by atoms with van der Waals surface area (Å²) in [7, 11) is 1.51. The number of ether oxygens (including phenoxy) is 1. The monoisotopic (exact) mass is 274 g/mol. The van der Waals surface area contributed by atoms with E-state index in [1.165, 1.54) is 19.2 Å². The van der Waals surface area contributed by atoms with Crippen molar-refractivity contribution in [1.82, 2.24) is 10.3 Å². The topological polar surface area (TPSA) is 51.2 Å². The predicted octanol–water partition coefficient (Wildman–Crippen LogP) is 2.72. The Labute approximate surface area is 116 Å². The molecule has 0 saturated heterocycles. The summed E-state index contributed by atoms with van der Waals surface area (Å²) in [5.74, 6) is -0.0778. The molecule has 1 atom stereocenters. The van der Waals surface area contributed by atoms with Gasteiger partial charge in [0.1, 0.15) is 11.6 Å². The van der Waals surface area contributed by atoms with E-state index in [0.29, 0.717) is 16.9 Å². The maximum Gasteiger partial charge on any atom is 0.251 e. The van der Waals surface area contributed by atoms with Crippen molar-refractivity contribution in [3.63, 3.8) is 0 Å². The van der Waals surface area contributed by atoms with Crippen LogP contribution in [0.5, 0.6) is 5.75 Å². The number of amides is 1. The van der Waals surface area contributed by atoms with Crippen LogP contribution in [0.2, 0.25) is 0 Å². The number of pyridine rings is 1. The Morgan fingerprint density at radius 1 is 1.30 bits per heavy atom. The van der Waals surface area contributed by atoms with Crippen LogP contribution < -0.4 is 10.1 Å². The van der Waals surface area contributed by atoms with Crippen molar-refractivity contribution >= 4 is 5.91 Å². The number of nitrogens with zero attached hydrogens (tertiary/aromatic N) is 1. The number of halogens is 1. The van der Waals surface area contributed by atoms with Gasteiger partial charge >= 0.3 is 0 Å². The Kier molecular flexibility index (Phi) is 4.30. The average Bonchev–Trinajstić information content (AvgIpc) is 2.48. The number of benzene rings is 1. The number of rotatable bonds is 4. The fraction of sp³-hybridized carbons (Fsp3) is 0.200. The van der Waals surface area contributed by atoms with Crippen LogP contribution in [0, 0.1) is 5.82 Å². The van der Waals surface area contributed by atoms with Crippen LogP contribution in [-0.4, -0.2) is 18.0 Å². The van der Waals surface area contributed by atoms with Crippen molar-refractivity contribution in [2.45, 2.75) is 13.0 Å². The average molecular weight is 274 g/mol. The van der Waals surface area contributed by atoms with Crippen LogP contribution in [0.3, 0.4) is 0 Å². The van der Waals surface area contributed by atoms with Gasteiger partial charge in [-0.25, -0.2) is 4.39 Å². The molecular formula is C15H15FN2O2. The summed E-state index contributed by atoms with van der Waals surface area (Å²) in [6.07, 6.45) is 3.09. The summed E-state index contributed by atoms with van der Waals surface area (Å²) in [5.41, 5.74) is 1.09. The van der Waals surface area contributed by atoms with Crippen molar-refractivity contribution in [2.24, 2.45) is 0 Å². The Bertz CT molecular complexity index is 602. The first-order valence-corrected chi connectivity index (χ1v) is 6.16. The fourth-order valence-corrected chi connectivity index (χ4v) is 1.90. The second-order valence-corrected chi connectivity index (χ2v) is 4.32. The van der Waals surface area contributed by atoms with E-state index in [1.807, 2.05) is 0 Å². The molecule has 0 saturated carbocycles.